The molecule has 0 amide bonds. The van der Waals surface area contributed by atoms with Gasteiger partial charge in [-0.3, -0.25) is 4.79 Å². The van der Waals surface area contributed by atoms with E-state index in [1.54, 1.807) is 0 Å². The zero-order chi connectivity index (χ0) is 20.9. The second-order valence-corrected chi connectivity index (χ2v) is 8.81. The molecular formula is C24H43N3O2. The predicted molar refractivity (Wildman–Crippen MR) is 118 cm³/mol. The van der Waals surface area contributed by atoms with Crippen molar-refractivity contribution >= 4 is 5.78 Å². The third kappa shape index (κ3) is 8.19. The molecule has 0 aromatic carbocycles. The van der Waals surface area contributed by atoms with Crippen LogP contribution in [0.4, 0.5) is 0 Å². The van der Waals surface area contributed by atoms with Crippen LogP contribution in [-0.2, 0) is 23.0 Å². The maximum Gasteiger partial charge on any atom is 0.161 e. The lowest BCUT2D eigenvalue weighted by atomic mass is 9.91. The molecule has 2 rings (SSSR count). The Hall–Kier alpha value is -1.23. The van der Waals surface area contributed by atoms with Crippen LogP contribution in [0.3, 0.4) is 0 Å². The number of aryl methyl sites for hydroxylation is 2. The quantitative estimate of drug-likeness (QED) is 0.350. The summed E-state index contributed by atoms with van der Waals surface area (Å²) in [6.07, 6.45) is 17.2. The van der Waals surface area contributed by atoms with Crippen molar-refractivity contribution in [1.29, 1.82) is 0 Å². The number of rotatable bonds is 14. The first kappa shape index (κ1) is 24.0. The largest absolute Gasteiger partial charge is 0.364 e. The molecule has 0 saturated heterocycles. The second-order valence-electron chi connectivity index (χ2n) is 8.81. The van der Waals surface area contributed by atoms with Crippen molar-refractivity contribution in [3.05, 3.63) is 11.4 Å². The maximum absolute atomic E-state index is 13.0. The molecule has 0 N–H and O–H groups in total. The number of ether oxygens (including phenoxy) is 1. The van der Waals surface area contributed by atoms with E-state index < -0.39 is 0 Å². The summed E-state index contributed by atoms with van der Waals surface area (Å²) in [5.74, 6) is 0.470. The first-order valence-corrected chi connectivity index (χ1v) is 12.2. The molecule has 5 nitrogen and oxygen atoms in total. The molecule has 0 fully saturated rings. The number of hydrogen-bond donors (Lipinski definition) is 0. The summed E-state index contributed by atoms with van der Waals surface area (Å²) >= 11 is 0. The fourth-order valence-corrected chi connectivity index (χ4v) is 4.48. The Labute approximate surface area is 178 Å². The molecule has 1 aliphatic carbocycles. The zero-order valence-corrected chi connectivity index (χ0v) is 19.1. The van der Waals surface area contributed by atoms with Crippen molar-refractivity contribution in [2.75, 3.05) is 6.61 Å². The Balaban J connectivity index is 1.92. The summed E-state index contributed by atoms with van der Waals surface area (Å²) in [5, 5.41) is 8.55. The van der Waals surface area contributed by atoms with Gasteiger partial charge in [-0.15, -0.1) is 5.10 Å². The van der Waals surface area contributed by atoms with Gasteiger partial charge in [0.25, 0.3) is 0 Å². The molecule has 1 aromatic rings. The molecule has 1 aliphatic rings. The van der Waals surface area contributed by atoms with Gasteiger partial charge in [0.1, 0.15) is 12.7 Å². The maximum atomic E-state index is 13.0. The summed E-state index contributed by atoms with van der Waals surface area (Å²) in [5.41, 5.74) is 2.14. The molecule has 1 unspecified atom stereocenters. The fraction of sp³-hybridized carbons (Fsp3) is 0.875. The van der Waals surface area contributed by atoms with Gasteiger partial charge >= 0.3 is 0 Å². The summed E-state index contributed by atoms with van der Waals surface area (Å²) in [6.45, 7) is 4.71. The number of ketones is 1. The van der Waals surface area contributed by atoms with Crippen LogP contribution >= 0.6 is 0 Å². The zero-order valence-electron chi connectivity index (χ0n) is 19.1. The fourth-order valence-electron chi connectivity index (χ4n) is 4.48. The molecule has 0 radical (unpaired) electrons. The van der Waals surface area contributed by atoms with Crippen LogP contribution in [0.25, 0.3) is 0 Å². The van der Waals surface area contributed by atoms with Crippen LogP contribution in [-0.4, -0.2) is 27.4 Å². The molecule has 1 heterocycles. The molecule has 1 atom stereocenters. The number of fused-ring (bicyclic) bond motifs is 1. The minimum atomic E-state index is -0.0462. The lowest BCUT2D eigenvalue weighted by Gasteiger charge is -2.22. The van der Waals surface area contributed by atoms with Crippen LogP contribution in [0.5, 0.6) is 0 Å². The van der Waals surface area contributed by atoms with E-state index in [9.17, 15) is 4.79 Å². The first-order valence-electron chi connectivity index (χ1n) is 12.2. The molecule has 0 spiro atoms. The Morgan fingerprint density at radius 2 is 1.72 bits per heavy atom. The van der Waals surface area contributed by atoms with E-state index >= 15 is 0 Å². The SMILES string of the molecule is CCCCCCC(CCCCCC)C(=O)COC1CCCCCc2nnn(C)c21. The van der Waals surface area contributed by atoms with Crippen molar-refractivity contribution in [2.45, 2.75) is 116 Å². The molecule has 166 valence electrons. The van der Waals surface area contributed by atoms with E-state index in [0.29, 0.717) is 5.78 Å². The molecule has 1 aromatic heterocycles. The van der Waals surface area contributed by atoms with Crippen LogP contribution in [0.2, 0.25) is 0 Å². The topological polar surface area (TPSA) is 57.0 Å². The number of nitrogens with zero attached hydrogens (tertiary/aromatic N) is 3. The van der Waals surface area contributed by atoms with Gasteiger partial charge in [-0.1, -0.05) is 83.3 Å². The molecule has 0 aliphatic heterocycles. The van der Waals surface area contributed by atoms with E-state index in [1.807, 2.05) is 11.7 Å². The number of hydrogen-bond acceptors (Lipinski definition) is 4. The minimum Gasteiger partial charge on any atom is -0.364 e. The highest BCUT2D eigenvalue weighted by atomic mass is 16.5. The van der Waals surface area contributed by atoms with Crippen molar-refractivity contribution in [3.8, 4) is 0 Å². The Morgan fingerprint density at radius 3 is 2.38 bits per heavy atom. The van der Waals surface area contributed by atoms with Crippen molar-refractivity contribution in [3.63, 3.8) is 0 Å². The van der Waals surface area contributed by atoms with Gasteiger partial charge < -0.3 is 4.74 Å². The monoisotopic (exact) mass is 405 g/mol. The first-order chi connectivity index (χ1) is 14.2. The van der Waals surface area contributed by atoms with Crippen LogP contribution in [0.1, 0.15) is 121 Å². The second kappa shape index (κ2) is 13.9. The van der Waals surface area contributed by atoms with Gasteiger partial charge in [-0.05, 0) is 32.1 Å². The van der Waals surface area contributed by atoms with Crippen molar-refractivity contribution in [2.24, 2.45) is 13.0 Å². The average molecular weight is 406 g/mol. The lowest BCUT2D eigenvalue weighted by Crippen LogP contribution is -2.23. The Morgan fingerprint density at radius 1 is 1.03 bits per heavy atom. The number of aromatic nitrogens is 3. The Bertz CT molecular complexity index is 573. The summed E-state index contributed by atoms with van der Waals surface area (Å²) in [7, 11) is 1.94. The van der Waals surface area contributed by atoms with Gasteiger partial charge in [0, 0.05) is 13.0 Å². The van der Waals surface area contributed by atoms with E-state index in [1.165, 1.54) is 44.9 Å². The summed E-state index contributed by atoms with van der Waals surface area (Å²) < 4.78 is 8.08. The molecule has 5 heteroatoms. The third-order valence-corrected chi connectivity index (χ3v) is 6.32. The highest BCUT2D eigenvalue weighted by Crippen LogP contribution is 2.30. The summed E-state index contributed by atoms with van der Waals surface area (Å²) in [6, 6.07) is 0. The van der Waals surface area contributed by atoms with Crippen LogP contribution in [0.15, 0.2) is 0 Å². The normalized spacial score (nSPS) is 17.2. The molecule has 0 saturated carbocycles. The molecular weight excluding hydrogens is 362 g/mol. The van der Waals surface area contributed by atoms with Gasteiger partial charge in [-0.2, -0.15) is 0 Å². The number of carbonyl (C=O) groups excluding carboxylic acids is 1. The molecule has 0 bridgehead atoms. The van der Waals surface area contributed by atoms with E-state index in [4.69, 9.17) is 4.74 Å². The highest BCUT2D eigenvalue weighted by molar-refractivity contribution is 5.82. The number of carbonyl (C=O) groups is 1. The van der Waals surface area contributed by atoms with Gasteiger partial charge in [0.05, 0.1) is 11.4 Å². The lowest BCUT2D eigenvalue weighted by molar-refractivity contribution is -0.130. The minimum absolute atomic E-state index is 0.0462. The highest BCUT2D eigenvalue weighted by Gasteiger charge is 2.26. The smallest absolute Gasteiger partial charge is 0.161 e. The average Bonchev–Trinajstić information content (AvgIpc) is 3.05. The predicted octanol–water partition coefficient (Wildman–Crippen LogP) is 6.12. The van der Waals surface area contributed by atoms with Gasteiger partial charge in [0.15, 0.2) is 5.78 Å². The standard InChI is InChI=1S/C24H43N3O2/c1-4-6-8-11-15-20(16-12-9-7-5-2)22(28)19-29-23-18-14-10-13-17-21-24(23)27(3)26-25-21/h20,23H,4-19H2,1-3H3. The summed E-state index contributed by atoms with van der Waals surface area (Å²) in [4.78, 5) is 13.0. The van der Waals surface area contributed by atoms with Crippen molar-refractivity contribution < 1.29 is 9.53 Å². The third-order valence-electron chi connectivity index (χ3n) is 6.32. The van der Waals surface area contributed by atoms with E-state index in [2.05, 4.69) is 24.2 Å². The van der Waals surface area contributed by atoms with E-state index in [-0.39, 0.29) is 18.6 Å². The van der Waals surface area contributed by atoms with Crippen molar-refractivity contribution in [1.82, 2.24) is 15.0 Å². The van der Waals surface area contributed by atoms with Crippen LogP contribution < -0.4 is 0 Å². The number of Topliss-reactive ketones (excluding diaryl/α,β-unsaturated/α-hetero) is 1. The van der Waals surface area contributed by atoms with Gasteiger partial charge in [0.2, 0.25) is 0 Å². The van der Waals surface area contributed by atoms with E-state index in [0.717, 1.165) is 62.8 Å². The number of unbranched alkanes of at least 4 members (excludes halogenated alkanes) is 6. The van der Waals surface area contributed by atoms with Crippen LogP contribution in [0, 0.1) is 5.92 Å². The molecule has 29 heavy (non-hydrogen) atoms. The van der Waals surface area contributed by atoms with Gasteiger partial charge in [-0.25, -0.2) is 4.68 Å². The Kier molecular flexibility index (Phi) is 11.5.